The number of aliphatic hydroxyl groups is 1. The molecule has 2 atom stereocenters. The van der Waals surface area contributed by atoms with Crippen LogP contribution in [0.4, 0.5) is 8.78 Å². The molecule has 2 aromatic rings. The van der Waals surface area contributed by atoms with E-state index < -0.39 is 45.7 Å². The van der Waals surface area contributed by atoms with Crippen molar-refractivity contribution in [2.45, 2.75) is 38.4 Å². The number of aromatic hydroxyl groups is 1. The predicted octanol–water partition coefficient (Wildman–Crippen LogP) is 1.33. The Hall–Kier alpha value is -3.27. The number of halogens is 2. The minimum absolute atomic E-state index is 0.0174. The molecule has 2 heterocycles. The van der Waals surface area contributed by atoms with Gasteiger partial charge in [0, 0.05) is 49.5 Å². The Balaban J connectivity index is 1.72. The van der Waals surface area contributed by atoms with Gasteiger partial charge in [0.15, 0.2) is 11.4 Å². The van der Waals surface area contributed by atoms with Gasteiger partial charge in [-0.05, 0) is 26.3 Å². The summed E-state index contributed by atoms with van der Waals surface area (Å²) < 4.78 is 28.3. The molecule has 8 nitrogen and oxygen atoms in total. The van der Waals surface area contributed by atoms with E-state index in [1.165, 1.54) is 21.7 Å². The average molecular weight is 447 g/mol. The summed E-state index contributed by atoms with van der Waals surface area (Å²) in [5.74, 6) is -4.07. The van der Waals surface area contributed by atoms with Crippen LogP contribution >= 0.6 is 0 Å². The molecule has 2 amide bonds. The molecule has 4 rings (SSSR count). The van der Waals surface area contributed by atoms with Gasteiger partial charge in [-0.2, -0.15) is 0 Å². The van der Waals surface area contributed by atoms with E-state index in [-0.39, 0.29) is 42.9 Å². The minimum atomic E-state index is -1.02. The van der Waals surface area contributed by atoms with Crippen molar-refractivity contribution in [2.24, 2.45) is 5.92 Å². The van der Waals surface area contributed by atoms with Crippen LogP contribution in [-0.2, 0) is 12.1 Å². The lowest BCUT2D eigenvalue weighted by Gasteiger charge is -2.39. The van der Waals surface area contributed by atoms with Gasteiger partial charge in [0.1, 0.15) is 17.2 Å². The average Bonchev–Trinajstić information content (AvgIpc) is 3.45. The zero-order chi connectivity index (χ0) is 23.4. The molecule has 1 aliphatic carbocycles. The number of aliphatic hydroxyl groups excluding tert-OH is 1. The molecule has 170 valence electrons. The number of aromatic nitrogens is 1. The van der Waals surface area contributed by atoms with Gasteiger partial charge in [-0.25, -0.2) is 8.78 Å². The molecule has 0 saturated heterocycles. The van der Waals surface area contributed by atoms with Gasteiger partial charge in [-0.3, -0.25) is 14.4 Å². The SMILES string of the molecule is CC(C)N1C[C@]2(C[C@@H]2CO)n2cc(C(=O)NCc3ccc(F)cc3F)c(=O)c(O)c2C1=O. The maximum absolute atomic E-state index is 13.8. The van der Waals surface area contributed by atoms with Gasteiger partial charge in [-0.15, -0.1) is 0 Å². The molecule has 1 saturated carbocycles. The molecule has 1 aliphatic heterocycles. The molecule has 10 heteroatoms. The maximum atomic E-state index is 13.8. The van der Waals surface area contributed by atoms with Crippen LogP contribution in [0.5, 0.6) is 5.75 Å². The standard InChI is InChI=1S/C22H23F2N3O5/c1-11(2)26-10-22(6-13(22)9-28)27-8-15(18(29)19(30)17(27)21(26)32)20(31)25-7-12-3-4-14(23)5-16(12)24/h3-5,8,11,13,28,30H,6-7,9-10H2,1-2H3,(H,25,31)/t13-,22+/m1/s1. The number of hydrogen-bond donors (Lipinski definition) is 3. The predicted molar refractivity (Wildman–Crippen MR) is 109 cm³/mol. The summed E-state index contributed by atoms with van der Waals surface area (Å²) in [5, 5.41) is 22.7. The molecule has 1 fully saturated rings. The summed E-state index contributed by atoms with van der Waals surface area (Å²) in [6, 6.07) is 2.70. The smallest absolute Gasteiger partial charge is 0.274 e. The molecule has 1 aromatic carbocycles. The molecule has 0 bridgehead atoms. The molecule has 1 aromatic heterocycles. The van der Waals surface area contributed by atoms with Gasteiger partial charge in [0.25, 0.3) is 11.8 Å². The van der Waals surface area contributed by atoms with Crippen LogP contribution in [0.2, 0.25) is 0 Å². The van der Waals surface area contributed by atoms with E-state index in [1.54, 1.807) is 0 Å². The Labute approximate surface area is 182 Å². The highest BCUT2D eigenvalue weighted by atomic mass is 19.1. The van der Waals surface area contributed by atoms with Crippen molar-refractivity contribution >= 4 is 11.8 Å². The summed E-state index contributed by atoms with van der Waals surface area (Å²) in [7, 11) is 0. The van der Waals surface area contributed by atoms with E-state index in [0.717, 1.165) is 6.07 Å². The van der Waals surface area contributed by atoms with Crippen LogP contribution in [0, 0.1) is 17.6 Å². The van der Waals surface area contributed by atoms with Crippen molar-refractivity contribution < 1.29 is 28.6 Å². The second-order valence-electron chi connectivity index (χ2n) is 8.57. The third-order valence-corrected chi connectivity index (χ3v) is 6.31. The highest BCUT2D eigenvalue weighted by Gasteiger charge is 2.60. The quantitative estimate of drug-likeness (QED) is 0.641. The molecule has 3 N–H and O–H groups in total. The van der Waals surface area contributed by atoms with E-state index in [2.05, 4.69) is 5.32 Å². The van der Waals surface area contributed by atoms with Gasteiger partial charge >= 0.3 is 0 Å². The number of nitrogens with one attached hydrogen (secondary N) is 1. The molecule has 0 unspecified atom stereocenters. The van der Waals surface area contributed by atoms with Crippen molar-refractivity contribution in [1.82, 2.24) is 14.8 Å². The first kappa shape index (κ1) is 21.9. The third kappa shape index (κ3) is 3.35. The number of pyridine rings is 1. The first-order valence-electron chi connectivity index (χ1n) is 10.2. The van der Waals surface area contributed by atoms with Crippen molar-refractivity contribution in [3.05, 3.63) is 63.1 Å². The number of hydrogen-bond acceptors (Lipinski definition) is 5. The Morgan fingerprint density at radius 1 is 1.31 bits per heavy atom. The van der Waals surface area contributed by atoms with Gasteiger partial charge in [-0.1, -0.05) is 6.07 Å². The Kier molecular flexibility index (Phi) is 5.28. The minimum Gasteiger partial charge on any atom is -0.503 e. The molecular weight excluding hydrogens is 424 g/mol. The van der Waals surface area contributed by atoms with Crippen molar-refractivity contribution in [3.63, 3.8) is 0 Å². The van der Waals surface area contributed by atoms with Gasteiger partial charge < -0.3 is 25.0 Å². The number of nitrogens with zero attached hydrogens (tertiary/aromatic N) is 2. The van der Waals surface area contributed by atoms with E-state index in [4.69, 9.17) is 0 Å². The number of amides is 2. The van der Waals surface area contributed by atoms with Crippen molar-refractivity contribution in [3.8, 4) is 5.75 Å². The number of carbonyl (C=O) groups excluding carboxylic acids is 2. The number of fused-ring (bicyclic) bond motifs is 2. The van der Waals surface area contributed by atoms with Crippen molar-refractivity contribution in [2.75, 3.05) is 13.2 Å². The number of rotatable bonds is 5. The van der Waals surface area contributed by atoms with Crippen LogP contribution in [0.3, 0.4) is 0 Å². The fourth-order valence-electron chi connectivity index (χ4n) is 4.34. The monoisotopic (exact) mass is 447 g/mol. The Bertz CT molecular complexity index is 1180. The highest BCUT2D eigenvalue weighted by Crippen LogP contribution is 2.53. The molecule has 2 aliphatic rings. The first-order valence-corrected chi connectivity index (χ1v) is 10.2. The number of carbonyl (C=O) groups is 2. The van der Waals surface area contributed by atoms with E-state index in [1.807, 2.05) is 13.8 Å². The molecule has 0 radical (unpaired) electrons. The lowest BCUT2D eigenvalue weighted by atomic mass is 10.0. The summed E-state index contributed by atoms with van der Waals surface area (Å²) in [4.78, 5) is 40.0. The largest absolute Gasteiger partial charge is 0.503 e. The topological polar surface area (TPSA) is 112 Å². The summed E-state index contributed by atoms with van der Waals surface area (Å²) >= 11 is 0. The highest BCUT2D eigenvalue weighted by molar-refractivity contribution is 5.99. The first-order chi connectivity index (χ1) is 15.1. The Morgan fingerprint density at radius 3 is 2.62 bits per heavy atom. The lowest BCUT2D eigenvalue weighted by Crippen LogP contribution is -2.52. The van der Waals surface area contributed by atoms with Crippen LogP contribution in [0.1, 0.15) is 46.7 Å². The van der Waals surface area contributed by atoms with Gasteiger partial charge in [0.05, 0.1) is 5.54 Å². The fourth-order valence-corrected chi connectivity index (χ4v) is 4.34. The zero-order valence-corrected chi connectivity index (χ0v) is 17.6. The second-order valence-corrected chi connectivity index (χ2v) is 8.57. The Morgan fingerprint density at radius 2 is 2.03 bits per heavy atom. The van der Waals surface area contributed by atoms with Crippen LogP contribution < -0.4 is 10.7 Å². The fraction of sp³-hybridized carbons (Fsp3) is 0.409. The van der Waals surface area contributed by atoms with Crippen molar-refractivity contribution in [1.29, 1.82) is 0 Å². The van der Waals surface area contributed by atoms with Crippen LogP contribution in [0.25, 0.3) is 0 Å². The zero-order valence-electron chi connectivity index (χ0n) is 17.6. The molecule has 32 heavy (non-hydrogen) atoms. The normalized spacial score (nSPS) is 21.8. The summed E-state index contributed by atoms with van der Waals surface area (Å²) in [5.41, 5.74) is -2.37. The van der Waals surface area contributed by atoms with E-state index >= 15 is 0 Å². The molecule has 1 spiro atoms. The van der Waals surface area contributed by atoms with E-state index in [9.17, 15) is 33.4 Å². The van der Waals surface area contributed by atoms with Crippen LogP contribution in [-0.4, -0.2) is 50.7 Å². The molecular formula is C22H23F2N3O5. The van der Waals surface area contributed by atoms with Gasteiger partial charge in [0.2, 0.25) is 5.43 Å². The maximum Gasteiger partial charge on any atom is 0.274 e. The van der Waals surface area contributed by atoms with Crippen LogP contribution in [0.15, 0.2) is 29.2 Å². The number of benzene rings is 1. The van der Waals surface area contributed by atoms with E-state index in [0.29, 0.717) is 12.5 Å². The second kappa shape index (κ2) is 7.70. The summed E-state index contributed by atoms with van der Waals surface area (Å²) in [6.07, 6.45) is 1.73. The lowest BCUT2D eigenvalue weighted by molar-refractivity contribution is 0.0551. The summed E-state index contributed by atoms with van der Waals surface area (Å²) in [6.45, 7) is 3.42. The third-order valence-electron chi connectivity index (χ3n) is 6.31.